The standard InChI is InChI=1S/C10H14N4O2S/c1-13(2)7-9(5-11)17(15,16)10(6-12)8-14(3)4/h7-8H,1-4H3/b9-7+,10-8+. The van der Waals surface area contributed by atoms with E-state index in [0.717, 1.165) is 12.4 Å². The van der Waals surface area contributed by atoms with Crippen molar-refractivity contribution in [3.8, 4) is 12.1 Å². The summed E-state index contributed by atoms with van der Waals surface area (Å²) in [5.41, 5.74) is 0. The van der Waals surface area contributed by atoms with Crippen molar-refractivity contribution >= 4 is 9.84 Å². The van der Waals surface area contributed by atoms with Crippen LogP contribution >= 0.6 is 0 Å². The number of nitrogens with zero attached hydrogens (tertiary/aromatic N) is 4. The first-order valence-electron chi connectivity index (χ1n) is 4.57. The van der Waals surface area contributed by atoms with Crippen LogP contribution in [0.15, 0.2) is 22.2 Å². The smallest absolute Gasteiger partial charge is 0.229 e. The Bertz CT molecular complexity index is 473. The lowest BCUT2D eigenvalue weighted by Gasteiger charge is -2.09. The average Bonchev–Trinajstić information content (AvgIpc) is 2.21. The molecular formula is C10H14N4O2S. The summed E-state index contributed by atoms with van der Waals surface area (Å²) in [6.45, 7) is 0. The Hall–Kier alpha value is -1.99. The Morgan fingerprint density at radius 1 is 0.941 bits per heavy atom. The highest BCUT2D eigenvalue weighted by Gasteiger charge is 2.24. The predicted octanol–water partition coefficient (Wildman–Crippen LogP) is 0.254. The average molecular weight is 254 g/mol. The van der Waals surface area contributed by atoms with Crippen molar-refractivity contribution in [2.45, 2.75) is 0 Å². The second-order valence-electron chi connectivity index (χ2n) is 3.64. The molecule has 0 atom stereocenters. The summed E-state index contributed by atoms with van der Waals surface area (Å²) in [6.07, 6.45) is 2.33. The maximum absolute atomic E-state index is 11.9. The SMILES string of the molecule is CN(C)/C=C(\C#N)S(=O)(=O)/C(C#N)=C/N(C)C. The molecule has 0 amide bonds. The van der Waals surface area contributed by atoms with Crippen LogP contribution in [0.1, 0.15) is 0 Å². The topological polar surface area (TPSA) is 88.2 Å². The molecule has 0 aliphatic heterocycles. The van der Waals surface area contributed by atoms with Gasteiger partial charge in [-0.25, -0.2) is 8.42 Å². The van der Waals surface area contributed by atoms with Gasteiger partial charge in [0.05, 0.1) is 0 Å². The number of sulfone groups is 1. The van der Waals surface area contributed by atoms with Crippen LogP contribution in [-0.4, -0.2) is 46.4 Å². The van der Waals surface area contributed by atoms with Crippen LogP contribution in [0.3, 0.4) is 0 Å². The highest BCUT2D eigenvalue weighted by molar-refractivity contribution is 7.99. The fourth-order valence-corrected chi connectivity index (χ4v) is 2.08. The molecule has 0 aliphatic carbocycles. The molecule has 0 heterocycles. The highest BCUT2D eigenvalue weighted by Crippen LogP contribution is 2.16. The van der Waals surface area contributed by atoms with Gasteiger partial charge in [0.25, 0.3) is 0 Å². The first kappa shape index (κ1) is 15.0. The van der Waals surface area contributed by atoms with Crippen molar-refractivity contribution in [3.63, 3.8) is 0 Å². The van der Waals surface area contributed by atoms with Crippen LogP contribution in [0.2, 0.25) is 0 Å². The van der Waals surface area contributed by atoms with Crippen molar-refractivity contribution in [3.05, 3.63) is 22.2 Å². The molecule has 0 aromatic rings. The van der Waals surface area contributed by atoms with Gasteiger partial charge in [-0.3, -0.25) is 0 Å². The molecule has 0 aromatic carbocycles. The Kier molecular flexibility index (Phi) is 5.23. The third kappa shape index (κ3) is 4.17. The molecule has 0 radical (unpaired) electrons. The fraction of sp³-hybridized carbons (Fsp3) is 0.400. The Balaban J connectivity index is 5.73. The lowest BCUT2D eigenvalue weighted by Crippen LogP contribution is -2.13. The van der Waals surface area contributed by atoms with E-state index in [4.69, 9.17) is 10.5 Å². The second kappa shape index (κ2) is 5.92. The first-order valence-corrected chi connectivity index (χ1v) is 6.05. The molecule has 0 saturated carbocycles. The number of nitriles is 2. The molecule has 0 rings (SSSR count). The molecule has 17 heavy (non-hydrogen) atoms. The Labute approximate surface area is 102 Å². The zero-order valence-electron chi connectivity index (χ0n) is 10.2. The molecule has 0 aromatic heterocycles. The van der Waals surface area contributed by atoms with Gasteiger partial charge in [-0.05, 0) is 0 Å². The monoisotopic (exact) mass is 254 g/mol. The predicted molar refractivity (Wildman–Crippen MR) is 63.7 cm³/mol. The van der Waals surface area contributed by atoms with Gasteiger partial charge in [0.1, 0.15) is 12.1 Å². The number of hydrogen-bond acceptors (Lipinski definition) is 6. The number of rotatable bonds is 4. The van der Waals surface area contributed by atoms with Gasteiger partial charge in [0, 0.05) is 40.6 Å². The molecule has 6 nitrogen and oxygen atoms in total. The van der Waals surface area contributed by atoms with E-state index < -0.39 is 19.6 Å². The summed E-state index contributed by atoms with van der Waals surface area (Å²) in [5.74, 6) is 0. The molecule has 0 fully saturated rings. The second-order valence-corrected chi connectivity index (χ2v) is 5.53. The van der Waals surface area contributed by atoms with Crippen LogP contribution in [0.5, 0.6) is 0 Å². The minimum atomic E-state index is -4.04. The molecule has 0 saturated heterocycles. The summed E-state index contributed by atoms with van der Waals surface area (Å²) in [6, 6.07) is 3.17. The zero-order chi connectivity index (χ0) is 13.6. The maximum atomic E-state index is 11.9. The van der Waals surface area contributed by atoms with Crippen LogP contribution in [-0.2, 0) is 9.84 Å². The molecule has 0 spiro atoms. The van der Waals surface area contributed by atoms with Crippen LogP contribution in [0.25, 0.3) is 0 Å². The number of allylic oxidation sites excluding steroid dienone is 2. The first-order chi connectivity index (χ1) is 7.75. The molecule has 0 aliphatic rings. The molecule has 92 valence electrons. The summed E-state index contributed by atoms with van der Waals surface area (Å²) >= 11 is 0. The van der Waals surface area contributed by atoms with Gasteiger partial charge in [0.15, 0.2) is 9.81 Å². The largest absolute Gasteiger partial charge is 0.382 e. The van der Waals surface area contributed by atoms with Crippen molar-refractivity contribution in [2.24, 2.45) is 0 Å². The van der Waals surface area contributed by atoms with E-state index in [1.54, 1.807) is 40.3 Å². The summed E-state index contributed by atoms with van der Waals surface area (Å²) in [7, 11) is 2.33. The summed E-state index contributed by atoms with van der Waals surface area (Å²) < 4.78 is 23.9. The van der Waals surface area contributed by atoms with Gasteiger partial charge in [-0.15, -0.1) is 0 Å². The molecular weight excluding hydrogens is 240 g/mol. The van der Waals surface area contributed by atoms with E-state index in [1.807, 2.05) is 0 Å². The minimum Gasteiger partial charge on any atom is -0.382 e. The van der Waals surface area contributed by atoms with Gasteiger partial charge in [0.2, 0.25) is 9.84 Å². The van der Waals surface area contributed by atoms with Crippen LogP contribution < -0.4 is 0 Å². The lowest BCUT2D eigenvalue weighted by atomic mass is 10.6. The van der Waals surface area contributed by atoms with E-state index in [2.05, 4.69) is 0 Å². The van der Waals surface area contributed by atoms with E-state index >= 15 is 0 Å². The zero-order valence-corrected chi connectivity index (χ0v) is 11.0. The van der Waals surface area contributed by atoms with Crippen molar-refractivity contribution in [1.29, 1.82) is 10.5 Å². The van der Waals surface area contributed by atoms with Crippen LogP contribution in [0, 0.1) is 22.7 Å². The quantitative estimate of drug-likeness (QED) is 0.668. The maximum Gasteiger partial charge on any atom is 0.229 e. The molecule has 0 N–H and O–H groups in total. The minimum absolute atomic E-state index is 0.461. The van der Waals surface area contributed by atoms with Gasteiger partial charge in [-0.2, -0.15) is 10.5 Å². The van der Waals surface area contributed by atoms with Crippen molar-refractivity contribution in [1.82, 2.24) is 9.80 Å². The van der Waals surface area contributed by atoms with E-state index in [1.165, 1.54) is 9.80 Å². The molecule has 7 heteroatoms. The van der Waals surface area contributed by atoms with Crippen LogP contribution in [0.4, 0.5) is 0 Å². The molecule has 0 unspecified atom stereocenters. The highest BCUT2D eigenvalue weighted by atomic mass is 32.2. The van der Waals surface area contributed by atoms with Gasteiger partial charge >= 0.3 is 0 Å². The third-order valence-electron chi connectivity index (χ3n) is 1.55. The van der Waals surface area contributed by atoms with E-state index in [-0.39, 0.29) is 0 Å². The van der Waals surface area contributed by atoms with E-state index in [0.29, 0.717) is 0 Å². The number of hydrogen-bond donors (Lipinski definition) is 0. The van der Waals surface area contributed by atoms with E-state index in [9.17, 15) is 8.42 Å². The van der Waals surface area contributed by atoms with Crippen molar-refractivity contribution < 1.29 is 8.42 Å². The normalized spacial score (nSPS) is 12.6. The third-order valence-corrected chi connectivity index (χ3v) is 3.10. The van der Waals surface area contributed by atoms with Gasteiger partial charge in [-0.1, -0.05) is 0 Å². The molecule has 0 bridgehead atoms. The van der Waals surface area contributed by atoms with Crippen molar-refractivity contribution in [2.75, 3.05) is 28.2 Å². The van der Waals surface area contributed by atoms with Gasteiger partial charge < -0.3 is 9.80 Å². The Morgan fingerprint density at radius 2 is 1.24 bits per heavy atom. The lowest BCUT2D eigenvalue weighted by molar-refractivity contribution is 0.556. The Morgan fingerprint density at radius 3 is 1.41 bits per heavy atom. The fourth-order valence-electron chi connectivity index (χ4n) is 0.904. The summed E-state index contributed by atoms with van der Waals surface area (Å²) in [4.78, 5) is 1.94. The summed E-state index contributed by atoms with van der Waals surface area (Å²) in [5, 5.41) is 17.6.